The molecule has 8 aromatic rings. The normalized spacial score (nSPS) is 14.8. The summed E-state index contributed by atoms with van der Waals surface area (Å²) in [5.74, 6) is 3.33. The number of ether oxygens (including phenoxy) is 1. The molecule has 0 N–H and O–H groups in total. The lowest BCUT2D eigenvalue weighted by atomic mass is 9.66. The summed E-state index contributed by atoms with van der Waals surface area (Å²) in [6, 6.07) is 57.9. The Hall–Kier alpha value is -7.16. The van der Waals surface area contributed by atoms with Crippen LogP contribution >= 0.6 is 0 Å². The maximum atomic E-state index is 7.90. The van der Waals surface area contributed by atoms with Gasteiger partial charge in [-0.2, -0.15) is 0 Å². The van der Waals surface area contributed by atoms with Crippen LogP contribution < -0.4 is 4.74 Å². The largest absolute Gasteiger partial charge is 0.457 e. The Morgan fingerprint density at radius 1 is 0.404 bits per heavy atom. The van der Waals surface area contributed by atoms with Gasteiger partial charge in [0, 0.05) is 27.8 Å². The van der Waals surface area contributed by atoms with E-state index in [9.17, 15) is 0 Å². The highest BCUT2D eigenvalue weighted by Gasteiger charge is 2.51. The van der Waals surface area contributed by atoms with Gasteiger partial charge in [-0.05, 0) is 57.6 Å². The lowest BCUT2D eigenvalue weighted by Crippen LogP contribution is -2.32. The van der Waals surface area contributed by atoms with Crippen molar-refractivity contribution in [2.45, 2.75) is 5.41 Å². The molecule has 0 fully saturated rings. The highest BCUT2D eigenvalue weighted by molar-refractivity contribution is 5.90. The van der Waals surface area contributed by atoms with E-state index >= 15 is 0 Å². The third-order valence-electron chi connectivity index (χ3n) is 10.2. The minimum absolute atomic E-state index is 0.566. The summed E-state index contributed by atoms with van der Waals surface area (Å²) >= 11 is 0. The highest BCUT2D eigenvalue weighted by atomic mass is 16.5. The predicted molar refractivity (Wildman–Crippen MR) is 205 cm³/mol. The van der Waals surface area contributed by atoms with Crippen molar-refractivity contribution >= 4 is 5.69 Å². The average Bonchev–Trinajstić information content (AvgIpc) is 3.51. The van der Waals surface area contributed by atoms with E-state index in [1.165, 1.54) is 0 Å². The van der Waals surface area contributed by atoms with E-state index in [1.807, 2.05) is 78.9 Å². The van der Waals surface area contributed by atoms with Gasteiger partial charge in [-0.3, -0.25) is 0 Å². The fraction of sp³-hybridized carbons (Fsp3) is 0.0213. The number of aromatic nitrogens is 3. The van der Waals surface area contributed by atoms with Crippen LogP contribution in [0, 0.1) is 6.57 Å². The van der Waals surface area contributed by atoms with E-state index in [-0.39, 0.29) is 0 Å². The van der Waals surface area contributed by atoms with Crippen LogP contribution in [0.5, 0.6) is 11.5 Å². The maximum Gasteiger partial charge on any atom is 0.187 e. The molecule has 0 radical (unpaired) electrons. The Balaban J connectivity index is 1.20. The molecule has 1 aliphatic carbocycles. The van der Waals surface area contributed by atoms with Gasteiger partial charge in [-0.15, -0.1) is 0 Å². The second kappa shape index (κ2) is 11.7. The third kappa shape index (κ3) is 4.52. The first-order chi connectivity index (χ1) is 25.7. The Bertz CT molecular complexity index is 2720. The second-order valence-electron chi connectivity index (χ2n) is 13.1. The number of hydrogen-bond acceptors (Lipinski definition) is 4. The van der Waals surface area contributed by atoms with E-state index in [0.717, 1.165) is 72.7 Å². The fourth-order valence-corrected chi connectivity index (χ4v) is 7.89. The minimum atomic E-state index is -0.724. The van der Waals surface area contributed by atoms with Crippen LogP contribution in [0.1, 0.15) is 22.3 Å². The Morgan fingerprint density at radius 3 is 1.65 bits per heavy atom. The van der Waals surface area contributed by atoms with Crippen LogP contribution in [0.2, 0.25) is 0 Å². The summed E-state index contributed by atoms with van der Waals surface area (Å²) in [5.41, 5.74) is 11.3. The molecule has 1 spiro atoms. The number of fused-ring (bicyclic) bond motifs is 9. The first-order valence-electron chi connectivity index (χ1n) is 17.2. The summed E-state index contributed by atoms with van der Waals surface area (Å²) in [5, 5.41) is 0. The summed E-state index contributed by atoms with van der Waals surface area (Å²) in [7, 11) is 0. The number of rotatable bonds is 4. The van der Waals surface area contributed by atoms with Gasteiger partial charge in [-0.1, -0.05) is 146 Å². The van der Waals surface area contributed by atoms with Crippen LogP contribution in [0.4, 0.5) is 5.69 Å². The average molecular weight is 665 g/mol. The molecular weight excluding hydrogens is 637 g/mol. The van der Waals surface area contributed by atoms with E-state index in [0.29, 0.717) is 23.2 Å². The van der Waals surface area contributed by atoms with Crippen molar-refractivity contribution in [1.29, 1.82) is 0 Å². The zero-order valence-electron chi connectivity index (χ0n) is 27.9. The molecular formula is C47H28N4O. The zero-order chi connectivity index (χ0) is 34.6. The Labute approximate surface area is 301 Å². The lowest BCUT2D eigenvalue weighted by Gasteiger charge is -2.39. The van der Waals surface area contributed by atoms with Gasteiger partial charge in [-0.25, -0.2) is 19.8 Å². The molecule has 1 aliphatic heterocycles. The molecule has 5 heteroatoms. The zero-order valence-corrected chi connectivity index (χ0v) is 27.9. The molecule has 10 rings (SSSR count). The van der Waals surface area contributed by atoms with Gasteiger partial charge in [0.15, 0.2) is 23.2 Å². The smallest absolute Gasteiger partial charge is 0.187 e. The van der Waals surface area contributed by atoms with Crippen molar-refractivity contribution in [3.63, 3.8) is 0 Å². The van der Waals surface area contributed by atoms with Crippen LogP contribution in [0.3, 0.4) is 0 Å². The number of benzene rings is 7. The lowest BCUT2D eigenvalue weighted by molar-refractivity contribution is 0.436. The SMILES string of the molecule is [C-]#[N+]c1ccc2c(c1)C1(c3ccccc3O2)c2ccccc2-c2ccc(-c3nc(-c4ccccc4)nc(-c4ccc(-c5ccccc5)cc4)n3)cc21. The predicted octanol–water partition coefficient (Wildman–Crippen LogP) is 11.6. The van der Waals surface area contributed by atoms with Crippen molar-refractivity contribution in [2.75, 3.05) is 0 Å². The molecule has 7 aromatic carbocycles. The van der Waals surface area contributed by atoms with Crippen molar-refractivity contribution in [2.24, 2.45) is 0 Å². The van der Waals surface area contributed by atoms with Crippen molar-refractivity contribution < 1.29 is 4.74 Å². The van der Waals surface area contributed by atoms with Crippen LogP contribution in [0.25, 0.3) is 61.3 Å². The van der Waals surface area contributed by atoms with Crippen molar-refractivity contribution in [1.82, 2.24) is 15.0 Å². The van der Waals surface area contributed by atoms with Gasteiger partial charge in [0.2, 0.25) is 0 Å². The van der Waals surface area contributed by atoms with Crippen LogP contribution in [-0.4, -0.2) is 15.0 Å². The second-order valence-corrected chi connectivity index (χ2v) is 13.1. The number of nitrogens with zero attached hydrogens (tertiary/aromatic N) is 4. The van der Waals surface area contributed by atoms with Crippen molar-refractivity contribution in [3.8, 4) is 67.9 Å². The molecule has 242 valence electrons. The van der Waals surface area contributed by atoms with Crippen LogP contribution in [0.15, 0.2) is 170 Å². The molecule has 0 saturated carbocycles. The van der Waals surface area contributed by atoms with Crippen LogP contribution in [-0.2, 0) is 5.41 Å². The third-order valence-corrected chi connectivity index (χ3v) is 10.2. The molecule has 52 heavy (non-hydrogen) atoms. The van der Waals surface area contributed by atoms with Gasteiger partial charge in [0.1, 0.15) is 11.5 Å². The molecule has 0 bridgehead atoms. The van der Waals surface area contributed by atoms with E-state index in [2.05, 4.69) is 95.8 Å². The molecule has 5 nitrogen and oxygen atoms in total. The molecule has 2 aliphatic rings. The number of para-hydroxylation sites is 1. The molecule has 1 atom stereocenters. The monoisotopic (exact) mass is 664 g/mol. The molecule has 1 unspecified atom stereocenters. The quantitative estimate of drug-likeness (QED) is 0.176. The van der Waals surface area contributed by atoms with Gasteiger partial charge in [0.05, 0.1) is 12.0 Å². The Morgan fingerprint density at radius 2 is 0.923 bits per heavy atom. The summed E-state index contributed by atoms with van der Waals surface area (Å²) in [6.07, 6.45) is 0. The maximum absolute atomic E-state index is 7.90. The van der Waals surface area contributed by atoms with E-state index < -0.39 is 5.41 Å². The van der Waals surface area contributed by atoms with E-state index in [1.54, 1.807) is 0 Å². The van der Waals surface area contributed by atoms with E-state index in [4.69, 9.17) is 26.3 Å². The summed E-state index contributed by atoms with van der Waals surface area (Å²) in [6.45, 7) is 7.90. The van der Waals surface area contributed by atoms with Gasteiger partial charge in [0.25, 0.3) is 0 Å². The van der Waals surface area contributed by atoms with Crippen molar-refractivity contribution in [3.05, 3.63) is 204 Å². The molecule has 2 heterocycles. The summed E-state index contributed by atoms with van der Waals surface area (Å²) in [4.78, 5) is 19.1. The van der Waals surface area contributed by atoms with Gasteiger partial charge < -0.3 is 4.74 Å². The fourth-order valence-electron chi connectivity index (χ4n) is 7.89. The highest BCUT2D eigenvalue weighted by Crippen LogP contribution is 2.62. The molecule has 0 saturated heterocycles. The first-order valence-corrected chi connectivity index (χ1v) is 17.2. The first kappa shape index (κ1) is 29.7. The topological polar surface area (TPSA) is 52.3 Å². The van der Waals surface area contributed by atoms with Gasteiger partial charge >= 0.3 is 0 Å². The molecule has 0 amide bonds. The number of hydrogen-bond donors (Lipinski definition) is 0. The molecule has 1 aromatic heterocycles. The Kier molecular flexibility index (Phi) is 6.70. The minimum Gasteiger partial charge on any atom is -0.457 e. The standard InChI is InChI=1S/C47H28N4O/c1-48-35-25-27-43-41(29-35)47(39-18-10-11-19-42(39)52-43)38-17-9-8-16-36(38)37-26-24-34(28-40(37)47)46-50-44(32-14-6-3-7-15-32)49-45(51-46)33-22-20-31(21-23-33)30-12-4-2-5-13-30/h2-29H. The summed E-state index contributed by atoms with van der Waals surface area (Å²) < 4.78 is 6.54.